The molecule has 0 saturated heterocycles. The molecule has 3 N–H and O–H groups in total. The molecule has 2 rings (SSSR count). The fourth-order valence-electron chi connectivity index (χ4n) is 1.61. The molecule has 0 spiro atoms. The van der Waals surface area contributed by atoms with E-state index in [0.717, 1.165) is 18.2 Å². The highest BCUT2D eigenvalue weighted by atomic mass is 19.1. The van der Waals surface area contributed by atoms with Gasteiger partial charge in [-0.05, 0) is 24.3 Å². The van der Waals surface area contributed by atoms with Gasteiger partial charge in [-0.15, -0.1) is 0 Å². The van der Waals surface area contributed by atoms with Crippen LogP contribution in [-0.4, -0.2) is 24.4 Å². The van der Waals surface area contributed by atoms with Crippen molar-refractivity contribution in [3.8, 4) is 11.5 Å². The Labute approximate surface area is 120 Å². The molecule has 0 aromatic heterocycles. The summed E-state index contributed by atoms with van der Waals surface area (Å²) in [7, 11) is 0. The van der Waals surface area contributed by atoms with Crippen molar-refractivity contribution in [3.63, 3.8) is 0 Å². The van der Waals surface area contributed by atoms with Crippen LogP contribution in [0.1, 0.15) is 0 Å². The summed E-state index contributed by atoms with van der Waals surface area (Å²) in [6, 6.07) is 9.51. The highest BCUT2D eigenvalue weighted by Gasteiger charge is 2.08. The van der Waals surface area contributed by atoms with E-state index in [-0.39, 0.29) is 19.0 Å². The molecule has 0 aliphatic heterocycles. The highest BCUT2D eigenvalue weighted by molar-refractivity contribution is 5.41. The molecular weight excluding hydrogens is 280 g/mol. The summed E-state index contributed by atoms with van der Waals surface area (Å²) >= 11 is 0. The van der Waals surface area contributed by atoms with Crippen molar-refractivity contribution in [2.24, 2.45) is 0 Å². The van der Waals surface area contributed by atoms with Gasteiger partial charge >= 0.3 is 0 Å². The SMILES string of the molecule is Nc1ccc(OCC(O)COc2cc(F)cc(F)c2)cc1. The zero-order valence-electron chi connectivity index (χ0n) is 11.1. The van der Waals surface area contributed by atoms with Gasteiger partial charge in [-0.1, -0.05) is 0 Å². The molecule has 2 aromatic carbocycles. The number of halogens is 2. The summed E-state index contributed by atoms with van der Waals surface area (Å²) < 4.78 is 36.3. The third kappa shape index (κ3) is 4.92. The quantitative estimate of drug-likeness (QED) is 0.803. The van der Waals surface area contributed by atoms with Crippen LogP contribution in [0.2, 0.25) is 0 Å². The van der Waals surface area contributed by atoms with E-state index < -0.39 is 17.7 Å². The second-order valence-electron chi connectivity index (χ2n) is 4.45. The average molecular weight is 295 g/mol. The Bertz CT molecular complexity index is 570. The van der Waals surface area contributed by atoms with Gasteiger partial charge in [-0.3, -0.25) is 0 Å². The van der Waals surface area contributed by atoms with Gasteiger partial charge in [0.05, 0.1) is 0 Å². The fraction of sp³-hybridized carbons (Fsp3) is 0.200. The third-order valence-corrected chi connectivity index (χ3v) is 2.60. The monoisotopic (exact) mass is 295 g/mol. The lowest BCUT2D eigenvalue weighted by atomic mass is 10.3. The van der Waals surface area contributed by atoms with E-state index in [9.17, 15) is 13.9 Å². The molecule has 0 saturated carbocycles. The Kier molecular flexibility index (Phi) is 4.94. The summed E-state index contributed by atoms with van der Waals surface area (Å²) in [5, 5.41) is 9.70. The third-order valence-electron chi connectivity index (χ3n) is 2.60. The van der Waals surface area contributed by atoms with Gasteiger partial charge in [0.25, 0.3) is 0 Å². The minimum Gasteiger partial charge on any atom is -0.491 e. The van der Waals surface area contributed by atoms with Crippen LogP contribution in [0.3, 0.4) is 0 Å². The van der Waals surface area contributed by atoms with Gasteiger partial charge in [-0.25, -0.2) is 8.78 Å². The predicted molar refractivity (Wildman–Crippen MR) is 74.2 cm³/mol. The lowest BCUT2D eigenvalue weighted by Gasteiger charge is -2.13. The molecule has 0 radical (unpaired) electrons. The predicted octanol–water partition coefficient (Wildman–Crippen LogP) is 2.37. The number of rotatable bonds is 6. The van der Waals surface area contributed by atoms with Gasteiger partial charge in [0, 0.05) is 23.9 Å². The van der Waals surface area contributed by atoms with Crippen molar-refractivity contribution in [1.29, 1.82) is 0 Å². The van der Waals surface area contributed by atoms with Crippen LogP contribution in [0, 0.1) is 11.6 Å². The first kappa shape index (κ1) is 15.1. The molecule has 1 unspecified atom stereocenters. The molecule has 6 heteroatoms. The number of aliphatic hydroxyl groups excluding tert-OH is 1. The maximum Gasteiger partial charge on any atom is 0.129 e. The number of ether oxygens (including phenoxy) is 2. The summed E-state index contributed by atoms with van der Waals surface area (Å²) in [5.74, 6) is -0.908. The van der Waals surface area contributed by atoms with E-state index in [0.29, 0.717) is 11.4 Å². The highest BCUT2D eigenvalue weighted by Crippen LogP contribution is 2.16. The van der Waals surface area contributed by atoms with Crippen LogP contribution in [0.4, 0.5) is 14.5 Å². The molecular formula is C15H15F2NO3. The van der Waals surface area contributed by atoms with Crippen LogP contribution in [-0.2, 0) is 0 Å². The molecule has 112 valence electrons. The number of nitrogens with two attached hydrogens (primary N) is 1. The lowest BCUT2D eigenvalue weighted by molar-refractivity contribution is 0.0624. The fourth-order valence-corrected chi connectivity index (χ4v) is 1.61. The number of nitrogen functional groups attached to an aromatic ring is 1. The van der Waals surface area contributed by atoms with Crippen molar-refractivity contribution in [1.82, 2.24) is 0 Å². The van der Waals surface area contributed by atoms with Crippen molar-refractivity contribution in [3.05, 3.63) is 54.1 Å². The number of hydrogen-bond donors (Lipinski definition) is 2. The molecule has 0 aliphatic carbocycles. The topological polar surface area (TPSA) is 64.7 Å². The standard InChI is InChI=1S/C15H15F2NO3/c16-10-5-11(17)7-15(6-10)21-9-13(19)8-20-14-3-1-12(18)2-4-14/h1-7,13,19H,8-9,18H2. The van der Waals surface area contributed by atoms with Gasteiger partial charge in [0.15, 0.2) is 0 Å². The average Bonchev–Trinajstić information content (AvgIpc) is 2.43. The lowest BCUT2D eigenvalue weighted by Crippen LogP contribution is -2.25. The van der Waals surface area contributed by atoms with Crippen molar-refractivity contribution < 1.29 is 23.4 Å². The number of aliphatic hydroxyl groups is 1. The molecule has 0 aliphatic rings. The first-order valence-electron chi connectivity index (χ1n) is 6.28. The van der Waals surface area contributed by atoms with E-state index in [2.05, 4.69) is 0 Å². The summed E-state index contributed by atoms with van der Waals surface area (Å²) in [6.45, 7) is -0.153. The number of benzene rings is 2. The number of hydrogen-bond acceptors (Lipinski definition) is 4. The minimum absolute atomic E-state index is 0.0122. The van der Waals surface area contributed by atoms with Gasteiger partial charge in [0.2, 0.25) is 0 Å². The second-order valence-corrected chi connectivity index (χ2v) is 4.45. The molecule has 2 aromatic rings. The van der Waals surface area contributed by atoms with E-state index >= 15 is 0 Å². The molecule has 1 atom stereocenters. The Morgan fingerprint density at radius 2 is 1.43 bits per heavy atom. The second kappa shape index (κ2) is 6.90. The minimum atomic E-state index is -0.936. The Hall–Kier alpha value is -2.34. The zero-order valence-corrected chi connectivity index (χ0v) is 11.1. The molecule has 0 fully saturated rings. The molecule has 0 amide bonds. The van der Waals surface area contributed by atoms with E-state index in [1.807, 2.05) is 0 Å². The van der Waals surface area contributed by atoms with Crippen LogP contribution in [0.15, 0.2) is 42.5 Å². The normalized spacial score (nSPS) is 12.0. The van der Waals surface area contributed by atoms with Crippen LogP contribution in [0.25, 0.3) is 0 Å². The maximum absolute atomic E-state index is 12.9. The first-order chi connectivity index (χ1) is 10.0. The first-order valence-corrected chi connectivity index (χ1v) is 6.28. The van der Waals surface area contributed by atoms with E-state index in [4.69, 9.17) is 15.2 Å². The van der Waals surface area contributed by atoms with Gasteiger partial charge in [-0.2, -0.15) is 0 Å². The van der Waals surface area contributed by atoms with Gasteiger partial charge < -0.3 is 20.3 Å². The molecule has 0 bridgehead atoms. The Morgan fingerprint density at radius 1 is 0.905 bits per heavy atom. The van der Waals surface area contributed by atoms with Crippen molar-refractivity contribution in [2.45, 2.75) is 6.10 Å². The Balaban J connectivity index is 1.79. The molecule has 4 nitrogen and oxygen atoms in total. The van der Waals surface area contributed by atoms with E-state index in [1.165, 1.54) is 0 Å². The molecule has 0 heterocycles. The Morgan fingerprint density at radius 3 is 2.00 bits per heavy atom. The summed E-state index contributed by atoms with van der Waals surface area (Å²) in [6.07, 6.45) is -0.936. The van der Waals surface area contributed by atoms with Crippen LogP contribution in [0.5, 0.6) is 11.5 Å². The summed E-state index contributed by atoms with van der Waals surface area (Å²) in [4.78, 5) is 0. The maximum atomic E-state index is 12.9. The van der Waals surface area contributed by atoms with E-state index in [1.54, 1.807) is 24.3 Å². The van der Waals surface area contributed by atoms with Crippen LogP contribution >= 0.6 is 0 Å². The molecule has 21 heavy (non-hydrogen) atoms. The van der Waals surface area contributed by atoms with Crippen molar-refractivity contribution >= 4 is 5.69 Å². The zero-order chi connectivity index (χ0) is 15.2. The van der Waals surface area contributed by atoms with Crippen molar-refractivity contribution in [2.75, 3.05) is 18.9 Å². The smallest absolute Gasteiger partial charge is 0.129 e. The summed E-state index contributed by atoms with van der Waals surface area (Å²) in [5.41, 5.74) is 6.14. The van der Waals surface area contributed by atoms with Gasteiger partial charge in [0.1, 0.15) is 42.5 Å². The largest absolute Gasteiger partial charge is 0.491 e. The number of anilines is 1. The van der Waals surface area contributed by atoms with Crippen LogP contribution < -0.4 is 15.2 Å².